The second-order valence-electron chi connectivity index (χ2n) is 10.2. The van der Waals surface area contributed by atoms with E-state index in [1.807, 2.05) is 35.2 Å². The van der Waals surface area contributed by atoms with Crippen LogP contribution in [0.1, 0.15) is 42.5 Å². The minimum atomic E-state index is -0.463. The average Bonchev–Trinajstić information content (AvgIpc) is 3.66. The highest BCUT2D eigenvalue weighted by molar-refractivity contribution is 5.95. The maximum absolute atomic E-state index is 13.3. The molecule has 11 heteroatoms. The summed E-state index contributed by atoms with van der Waals surface area (Å²) in [5.41, 5.74) is 8.88. The third kappa shape index (κ3) is 4.75. The van der Waals surface area contributed by atoms with Crippen LogP contribution < -0.4 is 11.3 Å². The summed E-state index contributed by atoms with van der Waals surface area (Å²) in [5, 5.41) is 4.82. The summed E-state index contributed by atoms with van der Waals surface area (Å²) in [7, 11) is 0. The Labute approximate surface area is 224 Å². The average molecular weight is 527 g/mol. The third-order valence-electron chi connectivity index (χ3n) is 7.70. The van der Waals surface area contributed by atoms with Crippen molar-refractivity contribution in [3.63, 3.8) is 0 Å². The number of amides is 3. The molecule has 39 heavy (non-hydrogen) atoms. The Bertz CT molecular complexity index is 1590. The standard InChI is InChI=1S/C28H30N8O3/c29-28(39)35-12-2-1-5-22(35)17-34-18-31-25-24(27(34)38)16-32-36(25)23-13-21(14-30-15-23)19-6-8-20(9-7-19)26(37)33-10-3-4-11-33/h6-9,13-16,18,22H,1-5,10-12,17H2,(H2,29,39). The first kappa shape index (κ1) is 24.8. The number of primary amides is 1. The lowest BCUT2D eigenvalue weighted by molar-refractivity contribution is 0.0793. The number of hydrogen-bond acceptors (Lipinski definition) is 6. The summed E-state index contributed by atoms with van der Waals surface area (Å²) < 4.78 is 3.12. The molecule has 11 nitrogen and oxygen atoms in total. The molecule has 0 radical (unpaired) electrons. The van der Waals surface area contributed by atoms with Gasteiger partial charge in [0.25, 0.3) is 11.5 Å². The van der Waals surface area contributed by atoms with Crippen LogP contribution in [0, 0.1) is 0 Å². The third-order valence-corrected chi connectivity index (χ3v) is 7.70. The Morgan fingerprint density at radius 2 is 1.72 bits per heavy atom. The molecule has 6 rings (SSSR count). The van der Waals surface area contributed by atoms with Gasteiger partial charge in [-0.25, -0.2) is 14.5 Å². The molecule has 0 aliphatic carbocycles. The largest absolute Gasteiger partial charge is 0.351 e. The molecule has 0 spiro atoms. The van der Waals surface area contributed by atoms with E-state index in [1.54, 1.807) is 22.0 Å². The fourth-order valence-corrected chi connectivity index (χ4v) is 5.58. The summed E-state index contributed by atoms with van der Waals surface area (Å²) in [6.07, 6.45) is 11.2. The number of carbonyl (C=O) groups excluding carboxylic acids is 2. The molecular weight excluding hydrogens is 496 g/mol. The second kappa shape index (κ2) is 10.3. The van der Waals surface area contributed by atoms with Gasteiger partial charge in [-0.2, -0.15) is 5.10 Å². The predicted molar refractivity (Wildman–Crippen MR) is 145 cm³/mol. The lowest BCUT2D eigenvalue weighted by Crippen LogP contribution is -2.49. The maximum atomic E-state index is 13.3. The highest BCUT2D eigenvalue weighted by Gasteiger charge is 2.26. The van der Waals surface area contributed by atoms with Gasteiger partial charge in [-0.1, -0.05) is 12.1 Å². The molecule has 0 saturated carbocycles. The lowest BCUT2D eigenvalue weighted by atomic mass is 10.0. The molecule has 2 aliphatic heterocycles. The Balaban J connectivity index is 1.26. The number of aromatic nitrogens is 5. The first-order valence-electron chi connectivity index (χ1n) is 13.3. The van der Waals surface area contributed by atoms with Crippen LogP contribution in [0.4, 0.5) is 4.79 Å². The van der Waals surface area contributed by atoms with Crippen molar-refractivity contribution in [1.29, 1.82) is 0 Å². The van der Waals surface area contributed by atoms with Crippen LogP contribution in [0.2, 0.25) is 0 Å². The van der Waals surface area contributed by atoms with E-state index in [0.29, 0.717) is 35.4 Å². The van der Waals surface area contributed by atoms with Gasteiger partial charge >= 0.3 is 6.03 Å². The van der Waals surface area contributed by atoms with Crippen molar-refractivity contribution in [2.24, 2.45) is 5.73 Å². The normalized spacial score (nSPS) is 17.6. The van der Waals surface area contributed by atoms with Gasteiger partial charge in [0, 0.05) is 43.5 Å². The van der Waals surface area contributed by atoms with Crippen molar-refractivity contribution >= 4 is 23.0 Å². The topological polar surface area (TPSA) is 132 Å². The molecule has 4 aromatic rings. The Hall–Kier alpha value is -4.54. The number of hydrogen-bond donors (Lipinski definition) is 1. The van der Waals surface area contributed by atoms with E-state index in [9.17, 15) is 14.4 Å². The molecule has 5 heterocycles. The minimum absolute atomic E-state index is 0.0662. The zero-order chi connectivity index (χ0) is 26.9. The van der Waals surface area contributed by atoms with Crippen molar-refractivity contribution in [3.8, 4) is 16.8 Å². The molecule has 2 N–H and O–H groups in total. The number of nitrogens with two attached hydrogens (primary N) is 1. The van der Waals surface area contributed by atoms with Gasteiger partial charge in [-0.3, -0.25) is 19.1 Å². The Kier molecular flexibility index (Phi) is 6.55. The molecule has 1 unspecified atom stereocenters. The van der Waals surface area contributed by atoms with E-state index >= 15 is 0 Å². The second-order valence-corrected chi connectivity index (χ2v) is 10.2. The fraction of sp³-hybridized carbons (Fsp3) is 0.357. The molecule has 2 saturated heterocycles. The van der Waals surface area contributed by atoms with Crippen molar-refractivity contribution in [2.45, 2.75) is 44.7 Å². The van der Waals surface area contributed by atoms with Crippen LogP contribution in [0.25, 0.3) is 27.8 Å². The van der Waals surface area contributed by atoms with Gasteiger partial charge in [-0.15, -0.1) is 0 Å². The zero-order valence-electron chi connectivity index (χ0n) is 21.6. The van der Waals surface area contributed by atoms with Crippen molar-refractivity contribution in [1.82, 2.24) is 34.1 Å². The number of piperidine rings is 1. The summed E-state index contributed by atoms with van der Waals surface area (Å²) >= 11 is 0. The van der Waals surface area contributed by atoms with Crippen LogP contribution in [-0.2, 0) is 6.54 Å². The van der Waals surface area contributed by atoms with Crippen LogP contribution in [-0.4, -0.2) is 71.7 Å². The van der Waals surface area contributed by atoms with Gasteiger partial charge < -0.3 is 15.5 Å². The minimum Gasteiger partial charge on any atom is -0.351 e. The Morgan fingerprint density at radius 3 is 2.49 bits per heavy atom. The monoisotopic (exact) mass is 526 g/mol. The molecule has 2 aliphatic rings. The summed E-state index contributed by atoms with van der Waals surface area (Å²) in [6, 6.07) is 8.86. The van der Waals surface area contributed by atoms with Crippen molar-refractivity contribution < 1.29 is 9.59 Å². The molecule has 2 fully saturated rings. The van der Waals surface area contributed by atoms with E-state index in [2.05, 4.69) is 15.1 Å². The van der Waals surface area contributed by atoms with Gasteiger partial charge in [0.15, 0.2) is 5.65 Å². The van der Waals surface area contributed by atoms with E-state index in [0.717, 1.165) is 56.3 Å². The fourth-order valence-electron chi connectivity index (χ4n) is 5.58. The number of urea groups is 1. The molecule has 3 aromatic heterocycles. The van der Waals surface area contributed by atoms with Gasteiger partial charge in [-0.05, 0) is 55.9 Å². The van der Waals surface area contributed by atoms with Crippen molar-refractivity contribution in [2.75, 3.05) is 19.6 Å². The summed E-state index contributed by atoms with van der Waals surface area (Å²) in [6.45, 7) is 2.57. The van der Waals surface area contributed by atoms with E-state index in [-0.39, 0.29) is 17.5 Å². The smallest absolute Gasteiger partial charge is 0.315 e. The number of carbonyl (C=O) groups is 2. The number of nitrogens with zero attached hydrogens (tertiary/aromatic N) is 7. The number of rotatable bonds is 5. The summed E-state index contributed by atoms with van der Waals surface area (Å²) in [4.78, 5) is 50.3. The maximum Gasteiger partial charge on any atom is 0.315 e. The number of benzene rings is 1. The van der Waals surface area contributed by atoms with E-state index in [4.69, 9.17) is 5.73 Å². The predicted octanol–water partition coefficient (Wildman–Crippen LogP) is 2.81. The quantitative estimate of drug-likeness (QED) is 0.425. The SMILES string of the molecule is NC(=O)N1CCCCC1Cn1cnc2c(cnn2-c2cncc(-c3ccc(C(=O)N4CCCC4)cc3)c2)c1=O. The van der Waals surface area contributed by atoms with E-state index in [1.165, 1.54) is 17.1 Å². The first-order chi connectivity index (χ1) is 19.0. The van der Waals surface area contributed by atoms with Crippen LogP contribution >= 0.6 is 0 Å². The van der Waals surface area contributed by atoms with Gasteiger partial charge in [0.2, 0.25) is 0 Å². The highest BCUT2D eigenvalue weighted by Crippen LogP contribution is 2.24. The molecule has 0 bridgehead atoms. The van der Waals surface area contributed by atoms with Crippen LogP contribution in [0.3, 0.4) is 0 Å². The molecule has 1 atom stereocenters. The lowest BCUT2D eigenvalue weighted by Gasteiger charge is -2.34. The van der Waals surface area contributed by atoms with Crippen LogP contribution in [0.5, 0.6) is 0 Å². The number of pyridine rings is 1. The van der Waals surface area contributed by atoms with Gasteiger partial charge in [0.05, 0.1) is 24.1 Å². The van der Waals surface area contributed by atoms with E-state index < -0.39 is 6.03 Å². The van der Waals surface area contributed by atoms with Gasteiger partial charge in [0.1, 0.15) is 11.7 Å². The molecule has 3 amide bonds. The molecule has 200 valence electrons. The summed E-state index contributed by atoms with van der Waals surface area (Å²) in [5.74, 6) is 0.0662. The zero-order valence-corrected chi connectivity index (χ0v) is 21.6. The van der Waals surface area contributed by atoms with Crippen molar-refractivity contribution in [3.05, 3.63) is 71.2 Å². The Morgan fingerprint density at radius 1 is 0.949 bits per heavy atom. The number of likely N-dealkylation sites (tertiary alicyclic amines) is 2. The molecule has 1 aromatic carbocycles. The van der Waals surface area contributed by atoms with Crippen LogP contribution in [0.15, 0.2) is 60.0 Å². The highest BCUT2D eigenvalue weighted by atomic mass is 16.2. The first-order valence-corrected chi connectivity index (χ1v) is 13.3. The number of fused-ring (bicyclic) bond motifs is 1. The molecular formula is C28H30N8O3.